The standard InChI is InChI=1S/C21H22N4/c1-14(22)15-4-6-16(7-5-15)17-8-10-18(11-9-17)20-13-24-21(25-20)19-3-2-12-23-19/h4-11,13,19,23H,1-3,12,22H2,(H,24,25)/t19-/m0/s1. The molecule has 126 valence electrons. The van der Waals surface area contributed by atoms with Gasteiger partial charge in [0.2, 0.25) is 0 Å². The van der Waals surface area contributed by atoms with Crippen molar-refractivity contribution >= 4 is 5.70 Å². The van der Waals surface area contributed by atoms with Crippen LogP contribution in [0.1, 0.15) is 30.3 Å². The van der Waals surface area contributed by atoms with E-state index in [4.69, 9.17) is 5.73 Å². The minimum absolute atomic E-state index is 0.365. The van der Waals surface area contributed by atoms with E-state index >= 15 is 0 Å². The Labute approximate surface area is 147 Å². The van der Waals surface area contributed by atoms with Gasteiger partial charge in [-0.3, -0.25) is 0 Å². The van der Waals surface area contributed by atoms with Crippen molar-refractivity contribution < 1.29 is 0 Å². The molecule has 1 atom stereocenters. The molecule has 25 heavy (non-hydrogen) atoms. The van der Waals surface area contributed by atoms with Crippen molar-refractivity contribution in [2.75, 3.05) is 6.54 Å². The fourth-order valence-electron chi connectivity index (χ4n) is 3.30. The largest absolute Gasteiger partial charge is 0.399 e. The monoisotopic (exact) mass is 330 g/mol. The van der Waals surface area contributed by atoms with Gasteiger partial charge in [0.15, 0.2) is 0 Å². The number of nitrogens with zero attached hydrogens (tertiary/aromatic N) is 1. The molecule has 0 unspecified atom stereocenters. The first-order valence-electron chi connectivity index (χ1n) is 8.64. The molecular formula is C21H22N4. The Morgan fingerprint density at radius 2 is 1.64 bits per heavy atom. The maximum atomic E-state index is 5.73. The quantitative estimate of drug-likeness (QED) is 0.675. The number of nitrogens with one attached hydrogen (secondary N) is 2. The van der Waals surface area contributed by atoms with Crippen LogP contribution in [0.25, 0.3) is 28.1 Å². The zero-order valence-corrected chi connectivity index (χ0v) is 14.1. The fourth-order valence-corrected chi connectivity index (χ4v) is 3.30. The molecule has 0 bridgehead atoms. The lowest BCUT2D eigenvalue weighted by Gasteiger charge is -2.06. The molecule has 1 aliphatic rings. The van der Waals surface area contributed by atoms with Gasteiger partial charge in [-0.2, -0.15) is 0 Å². The number of rotatable bonds is 4. The van der Waals surface area contributed by atoms with Gasteiger partial charge in [0.25, 0.3) is 0 Å². The summed E-state index contributed by atoms with van der Waals surface area (Å²) in [6, 6.07) is 17.0. The summed E-state index contributed by atoms with van der Waals surface area (Å²) in [4.78, 5) is 8.00. The van der Waals surface area contributed by atoms with Crippen LogP contribution >= 0.6 is 0 Å². The molecular weight excluding hydrogens is 308 g/mol. The van der Waals surface area contributed by atoms with Crippen molar-refractivity contribution in [1.29, 1.82) is 0 Å². The zero-order valence-electron chi connectivity index (χ0n) is 14.1. The van der Waals surface area contributed by atoms with Gasteiger partial charge < -0.3 is 16.0 Å². The van der Waals surface area contributed by atoms with Crippen LogP contribution in [-0.2, 0) is 0 Å². The Kier molecular flexibility index (Phi) is 4.12. The molecule has 2 aromatic carbocycles. The number of hydrogen-bond acceptors (Lipinski definition) is 3. The van der Waals surface area contributed by atoms with Crippen molar-refractivity contribution in [2.24, 2.45) is 5.73 Å². The molecule has 0 aliphatic carbocycles. The Morgan fingerprint density at radius 3 is 2.24 bits per heavy atom. The molecule has 1 aromatic heterocycles. The highest BCUT2D eigenvalue weighted by molar-refractivity contribution is 5.71. The van der Waals surface area contributed by atoms with E-state index in [-0.39, 0.29) is 0 Å². The van der Waals surface area contributed by atoms with Gasteiger partial charge >= 0.3 is 0 Å². The molecule has 1 fully saturated rings. The van der Waals surface area contributed by atoms with Crippen LogP contribution in [0, 0.1) is 0 Å². The number of imidazole rings is 1. The van der Waals surface area contributed by atoms with Crippen LogP contribution in [0.15, 0.2) is 61.3 Å². The third-order valence-corrected chi connectivity index (χ3v) is 4.77. The lowest BCUT2D eigenvalue weighted by molar-refractivity contribution is 0.613. The van der Waals surface area contributed by atoms with Gasteiger partial charge in [-0.05, 0) is 41.6 Å². The third kappa shape index (κ3) is 3.21. The van der Waals surface area contributed by atoms with Gasteiger partial charge in [-0.25, -0.2) is 4.98 Å². The van der Waals surface area contributed by atoms with E-state index in [0.29, 0.717) is 11.7 Å². The van der Waals surface area contributed by atoms with Gasteiger partial charge in [0.1, 0.15) is 5.82 Å². The summed E-state index contributed by atoms with van der Waals surface area (Å²) < 4.78 is 0. The first-order valence-corrected chi connectivity index (χ1v) is 8.64. The first kappa shape index (κ1) is 15.7. The van der Waals surface area contributed by atoms with Crippen molar-refractivity contribution in [3.8, 4) is 22.4 Å². The topological polar surface area (TPSA) is 66.7 Å². The zero-order chi connectivity index (χ0) is 17.2. The smallest absolute Gasteiger partial charge is 0.123 e. The molecule has 0 spiro atoms. The number of aromatic amines is 1. The Balaban J connectivity index is 1.54. The van der Waals surface area contributed by atoms with Crippen LogP contribution in [0.5, 0.6) is 0 Å². The number of nitrogens with two attached hydrogens (primary N) is 1. The van der Waals surface area contributed by atoms with Crippen LogP contribution < -0.4 is 11.1 Å². The van der Waals surface area contributed by atoms with E-state index in [0.717, 1.165) is 41.2 Å². The molecule has 0 amide bonds. The van der Waals surface area contributed by atoms with E-state index in [2.05, 4.69) is 58.3 Å². The normalized spacial score (nSPS) is 16.9. The minimum atomic E-state index is 0.365. The third-order valence-electron chi connectivity index (χ3n) is 4.77. The molecule has 4 rings (SSSR count). The maximum Gasteiger partial charge on any atom is 0.123 e. The summed E-state index contributed by atoms with van der Waals surface area (Å²) in [7, 11) is 0. The van der Waals surface area contributed by atoms with Crippen molar-refractivity contribution in [1.82, 2.24) is 15.3 Å². The average molecular weight is 330 g/mol. The summed E-state index contributed by atoms with van der Waals surface area (Å²) in [5.41, 5.74) is 11.8. The molecule has 4 nitrogen and oxygen atoms in total. The van der Waals surface area contributed by atoms with E-state index in [1.165, 1.54) is 12.0 Å². The van der Waals surface area contributed by atoms with Crippen LogP contribution in [0.2, 0.25) is 0 Å². The SMILES string of the molecule is C=C(N)c1ccc(-c2ccc(-c3cnc([C@@H]4CCCN4)[nH]3)cc2)cc1. The summed E-state index contributed by atoms with van der Waals surface area (Å²) in [5, 5.41) is 3.47. The summed E-state index contributed by atoms with van der Waals surface area (Å²) in [6.07, 6.45) is 4.29. The molecule has 0 saturated carbocycles. The van der Waals surface area contributed by atoms with Crippen LogP contribution in [-0.4, -0.2) is 16.5 Å². The van der Waals surface area contributed by atoms with Crippen molar-refractivity contribution in [3.63, 3.8) is 0 Å². The van der Waals surface area contributed by atoms with Gasteiger partial charge in [-0.15, -0.1) is 0 Å². The average Bonchev–Trinajstić information content (AvgIpc) is 3.33. The highest BCUT2D eigenvalue weighted by atomic mass is 15.0. The lowest BCUT2D eigenvalue weighted by atomic mass is 10.0. The first-order chi connectivity index (χ1) is 12.2. The Bertz CT molecular complexity index is 869. The van der Waals surface area contributed by atoms with Crippen molar-refractivity contribution in [2.45, 2.75) is 18.9 Å². The number of H-pyrrole nitrogens is 1. The maximum absolute atomic E-state index is 5.73. The number of benzene rings is 2. The Morgan fingerprint density at radius 1 is 1.00 bits per heavy atom. The second kappa shape index (κ2) is 6.57. The molecule has 0 radical (unpaired) electrons. The molecule has 3 aromatic rings. The predicted octanol–water partition coefficient (Wildman–Crippen LogP) is 4.10. The molecule has 1 saturated heterocycles. The van der Waals surface area contributed by atoms with E-state index in [9.17, 15) is 0 Å². The molecule has 2 heterocycles. The van der Waals surface area contributed by atoms with Gasteiger partial charge in [-0.1, -0.05) is 55.1 Å². The van der Waals surface area contributed by atoms with E-state index in [1.54, 1.807) is 0 Å². The van der Waals surface area contributed by atoms with Crippen LogP contribution in [0.4, 0.5) is 0 Å². The predicted molar refractivity (Wildman–Crippen MR) is 103 cm³/mol. The van der Waals surface area contributed by atoms with Crippen LogP contribution in [0.3, 0.4) is 0 Å². The molecule has 1 aliphatic heterocycles. The van der Waals surface area contributed by atoms with Gasteiger partial charge in [0.05, 0.1) is 17.9 Å². The lowest BCUT2D eigenvalue weighted by Crippen LogP contribution is -2.14. The van der Waals surface area contributed by atoms with E-state index < -0.39 is 0 Å². The summed E-state index contributed by atoms with van der Waals surface area (Å²) in [6.45, 7) is 4.84. The minimum Gasteiger partial charge on any atom is -0.399 e. The molecule has 4 N–H and O–H groups in total. The number of hydrogen-bond donors (Lipinski definition) is 3. The second-order valence-corrected chi connectivity index (χ2v) is 6.51. The fraction of sp³-hybridized carbons (Fsp3) is 0.190. The van der Waals surface area contributed by atoms with Crippen molar-refractivity contribution in [3.05, 3.63) is 72.7 Å². The summed E-state index contributed by atoms with van der Waals surface area (Å²) in [5.74, 6) is 1.04. The number of aromatic nitrogens is 2. The molecule has 4 heteroatoms. The summed E-state index contributed by atoms with van der Waals surface area (Å²) >= 11 is 0. The van der Waals surface area contributed by atoms with Gasteiger partial charge in [0, 0.05) is 5.70 Å². The second-order valence-electron chi connectivity index (χ2n) is 6.51. The highest BCUT2D eigenvalue weighted by Gasteiger charge is 2.19. The Hall–Kier alpha value is -2.85. The van der Waals surface area contributed by atoms with E-state index in [1.807, 2.05) is 18.3 Å². The highest BCUT2D eigenvalue weighted by Crippen LogP contribution is 2.27.